The molecule has 1 aromatic carbocycles. The van der Waals surface area contributed by atoms with Crippen LogP contribution in [0.2, 0.25) is 5.02 Å². The smallest absolute Gasteiger partial charge is 0.209 e. The van der Waals surface area contributed by atoms with Gasteiger partial charge in [0.25, 0.3) is 0 Å². The molecule has 0 aliphatic heterocycles. The molecule has 2 aromatic heterocycles. The molecular weight excluding hydrogens is 260 g/mol. The zero-order valence-electron chi connectivity index (χ0n) is 10.5. The average molecular weight is 273 g/mol. The van der Waals surface area contributed by atoms with Crippen molar-refractivity contribution in [1.29, 1.82) is 0 Å². The molecule has 4 nitrogen and oxygen atoms in total. The molecule has 0 unspecified atom stereocenters. The summed E-state index contributed by atoms with van der Waals surface area (Å²) in [7, 11) is 0. The van der Waals surface area contributed by atoms with Crippen LogP contribution in [-0.2, 0) is 0 Å². The highest BCUT2D eigenvalue weighted by molar-refractivity contribution is 6.30. The maximum absolute atomic E-state index is 5.94. The SMILES string of the molecule is CCNc1nc2cccnc2n1-c1ccc(Cl)cc1. The third-order valence-electron chi connectivity index (χ3n) is 2.84. The molecular formula is C14H13ClN4. The van der Waals surface area contributed by atoms with Crippen LogP contribution in [0.4, 0.5) is 5.95 Å². The van der Waals surface area contributed by atoms with E-state index < -0.39 is 0 Å². The monoisotopic (exact) mass is 272 g/mol. The minimum Gasteiger partial charge on any atom is -0.356 e. The molecule has 0 aliphatic rings. The van der Waals surface area contributed by atoms with E-state index in [2.05, 4.69) is 15.3 Å². The third-order valence-corrected chi connectivity index (χ3v) is 3.09. The van der Waals surface area contributed by atoms with Gasteiger partial charge in [-0.15, -0.1) is 0 Å². The van der Waals surface area contributed by atoms with Crippen LogP contribution in [-0.4, -0.2) is 21.1 Å². The quantitative estimate of drug-likeness (QED) is 0.793. The summed E-state index contributed by atoms with van der Waals surface area (Å²) in [5.74, 6) is 0.790. The molecule has 1 N–H and O–H groups in total. The van der Waals surface area contributed by atoms with Gasteiger partial charge in [0.05, 0.1) is 5.69 Å². The van der Waals surface area contributed by atoms with Crippen LogP contribution in [0.3, 0.4) is 0 Å². The molecule has 0 bridgehead atoms. The summed E-state index contributed by atoms with van der Waals surface area (Å²) in [6.45, 7) is 2.84. The Labute approximate surface area is 116 Å². The first-order chi connectivity index (χ1) is 9.29. The number of fused-ring (bicyclic) bond motifs is 1. The number of aromatic nitrogens is 3. The van der Waals surface area contributed by atoms with Crippen molar-refractivity contribution in [2.45, 2.75) is 6.92 Å². The van der Waals surface area contributed by atoms with E-state index in [9.17, 15) is 0 Å². The molecule has 0 saturated carbocycles. The number of hydrogen-bond donors (Lipinski definition) is 1. The van der Waals surface area contributed by atoms with E-state index in [0.717, 1.165) is 29.3 Å². The predicted molar refractivity (Wildman–Crippen MR) is 78.0 cm³/mol. The maximum Gasteiger partial charge on any atom is 0.209 e. The first-order valence-electron chi connectivity index (χ1n) is 6.13. The highest BCUT2D eigenvalue weighted by Gasteiger charge is 2.12. The first kappa shape index (κ1) is 12.0. The molecule has 5 heteroatoms. The topological polar surface area (TPSA) is 42.7 Å². The van der Waals surface area contributed by atoms with Gasteiger partial charge in [-0.05, 0) is 43.3 Å². The summed E-state index contributed by atoms with van der Waals surface area (Å²) >= 11 is 5.94. The lowest BCUT2D eigenvalue weighted by molar-refractivity contribution is 1.03. The number of hydrogen-bond acceptors (Lipinski definition) is 3. The molecule has 0 amide bonds. The Morgan fingerprint density at radius 2 is 2.00 bits per heavy atom. The summed E-state index contributed by atoms with van der Waals surface area (Å²) < 4.78 is 2.00. The van der Waals surface area contributed by atoms with E-state index in [1.54, 1.807) is 6.20 Å². The van der Waals surface area contributed by atoms with E-state index in [-0.39, 0.29) is 0 Å². The molecule has 96 valence electrons. The van der Waals surface area contributed by atoms with Crippen molar-refractivity contribution in [3.8, 4) is 5.69 Å². The normalized spacial score (nSPS) is 10.8. The molecule has 0 aliphatic carbocycles. The summed E-state index contributed by atoms with van der Waals surface area (Å²) in [5, 5.41) is 3.97. The van der Waals surface area contributed by atoms with Crippen LogP contribution < -0.4 is 5.32 Å². The van der Waals surface area contributed by atoms with E-state index >= 15 is 0 Å². The van der Waals surface area contributed by atoms with Gasteiger partial charge in [-0.25, -0.2) is 9.97 Å². The van der Waals surface area contributed by atoms with Gasteiger partial charge in [-0.1, -0.05) is 11.6 Å². The van der Waals surface area contributed by atoms with Crippen LogP contribution in [0.5, 0.6) is 0 Å². The second-order valence-electron chi connectivity index (χ2n) is 4.12. The summed E-state index contributed by atoms with van der Waals surface area (Å²) in [6, 6.07) is 11.5. The van der Waals surface area contributed by atoms with Gasteiger partial charge in [-0.2, -0.15) is 0 Å². The van der Waals surface area contributed by atoms with Gasteiger partial charge in [0.15, 0.2) is 5.65 Å². The van der Waals surface area contributed by atoms with Crippen molar-refractivity contribution < 1.29 is 0 Å². The maximum atomic E-state index is 5.94. The third kappa shape index (κ3) is 2.15. The Kier molecular flexibility index (Phi) is 3.09. The van der Waals surface area contributed by atoms with Crippen molar-refractivity contribution in [3.05, 3.63) is 47.6 Å². The molecule has 3 rings (SSSR count). The van der Waals surface area contributed by atoms with Crippen molar-refractivity contribution in [2.75, 3.05) is 11.9 Å². The number of pyridine rings is 1. The zero-order valence-corrected chi connectivity index (χ0v) is 11.2. The fourth-order valence-electron chi connectivity index (χ4n) is 2.02. The van der Waals surface area contributed by atoms with Crippen LogP contribution >= 0.6 is 11.6 Å². The Balaban J connectivity index is 2.24. The van der Waals surface area contributed by atoms with E-state index in [1.807, 2.05) is 47.9 Å². The van der Waals surface area contributed by atoms with Gasteiger partial charge >= 0.3 is 0 Å². The lowest BCUT2D eigenvalue weighted by Gasteiger charge is -2.09. The number of nitrogens with one attached hydrogen (secondary N) is 1. The van der Waals surface area contributed by atoms with Gasteiger partial charge in [0, 0.05) is 17.8 Å². The Bertz CT molecular complexity index is 703. The fourth-order valence-corrected chi connectivity index (χ4v) is 2.15. The zero-order chi connectivity index (χ0) is 13.2. The molecule has 0 radical (unpaired) electrons. The van der Waals surface area contributed by atoms with Crippen LogP contribution in [0.15, 0.2) is 42.6 Å². The van der Waals surface area contributed by atoms with E-state index in [4.69, 9.17) is 11.6 Å². The largest absolute Gasteiger partial charge is 0.356 e. The van der Waals surface area contributed by atoms with Crippen LogP contribution in [0.25, 0.3) is 16.9 Å². The van der Waals surface area contributed by atoms with E-state index in [1.165, 1.54) is 0 Å². The van der Waals surface area contributed by atoms with Crippen molar-refractivity contribution >= 4 is 28.7 Å². The van der Waals surface area contributed by atoms with Crippen molar-refractivity contribution in [3.63, 3.8) is 0 Å². The number of anilines is 1. The number of nitrogens with zero attached hydrogens (tertiary/aromatic N) is 3. The molecule has 19 heavy (non-hydrogen) atoms. The van der Waals surface area contributed by atoms with Gasteiger partial charge in [0.1, 0.15) is 5.52 Å². The van der Waals surface area contributed by atoms with Crippen LogP contribution in [0.1, 0.15) is 6.92 Å². The highest BCUT2D eigenvalue weighted by atomic mass is 35.5. The fraction of sp³-hybridized carbons (Fsp3) is 0.143. The number of imidazole rings is 1. The predicted octanol–water partition coefficient (Wildman–Crippen LogP) is 3.51. The van der Waals surface area contributed by atoms with Gasteiger partial charge in [-0.3, -0.25) is 4.57 Å². The number of benzene rings is 1. The molecule has 0 spiro atoms. The lowest BCUT2D eigenvalue weighted by atomic mass is 10.3. The van der Waals surface area contributed by atoms with Crippen LogP contribution in [0, 0.1) is 0 Å². The van der Waals surface area contributed by atoms with Crippen molar-refractivity contribution in [1.82, 2.24) is 14.5 Å². The molecule has 0 saturated heterocycles. The second-order valence-corrected chi connectivity index (χ2v) is 4.56. The van der Waals surface area contributed by atoms with Crippen molar-refractivity contribution in [2.24, 2.45) is 0 Å². The lowest BCUT2D eigenvalue weighted by Crippen LogP contribution is -2.05. The number of halogens is 1. The number of rotatable bonds is 3. The molecule has 2 heterocycles. The van der Waals surface area contributed by atoms with E-state index in [0.29, 0.717) is 5.02 Å². The molecule has 0 fully saturated rings. The Morgan fingerprint density at radius 3 is 2.74 bits per heavy atom. The molecule has 0 atom stereocenters. The summed E-state index contributed by atoms with van der Waals surface area (Å²) in [6.07, 6.45) is 1.77. The summed E-state index contributed by atoms with van der Waals surface area (Å²) in [4.78, 5) is 8.97. The second kappa shape index (κ2) is 4.90. The van der Waals surface area contributed by atoms with Gasteiger partial charge < -0.3 is 5.32 Å². The first-order valence-corrected chi connectivity index (χ1v) is 6.50. The minimum atomic E-state index is 0.714. The highest BCUT2D eigenvalue weighted by Crippen LogP contribution is 2.23. The molecule has 3 aromatic rings. The minimum absolute atomic E-state index is 0.714. The standard InChI is InChI=1S/C14H13ClN4/c1-2-16-14-18-12-4-3-9-17-13(12)19(14)11-7-5-10(15)6-8-11/h3-9H,2H2,1H3,(H,16,18). The summed E-state index contributed by atoms with van der Waals surface area (Å²) in [5.41, 5.74) is 2.69. The Morgan fingerprint density at radius 1 is 1.21 bits per heavy atom. The average Bonchev–Trinajstić information content (AvgIpc) is 2.78. The Hall–Kier alpha value is -2.07. The van der Waals surface area contributed by atoms with Gasteiger partial charge in [0.2, 0.25) is 5.95 Å².